The van der Waals surface area contributed by atoms with E-state index in [2.05, 4.69) is 34.0 Å². The van der Waals surface area contributed by atoms with Crippen molar-refractivity contribution in [2.45, 2.75) is 32.8 Å². The molecule has 0 aliphatic carbocycles. The van der Waals surface area contributed by atoms with Crippen molar-refractivity contribution in [2.24, 2.45) is 0 Å². The zero-order valence-corrected chi connectivity index (χ0v) is 18.0. The summed E-state index contributed by atoms with van der Waals surface area (Å²) in [6.07, 6.45) is 5.08. The molecule has 1 saturated heterocycles. The average molecular weight is 421 g/mol. The van der Waals surface area contributed by atoms with Crippen LogP contribution in [0.4, 0.5) is 5.69 Å². The number of amides is 1. The number of ether oxygens (including phenoxy) is 1. The first kappa shape index (κ1) is 20.8. The van der Waals surface area contributed by atoms with Crippen LogP contribution in [-0.2, 0) is 0 Å². The molecule has 3 aromatic rings. The van der Waals surface area contributed by atoms with E-state index in [9.17, 15) is 4.79 Å². The second kappa shape index (κ2) is 9.59. The highest BCUT2D eigenvalue weighted by Gasteiger charge is 2.25. The average Bonchev–Trinajstić information content (AvgIpc) is 3.36. The third-order valence-corrected chi connectivity index (χ3v) is 5.62. The monoisotopic (exact) mass is 420 g/mol. The Morgan fingerprint density at radius 2 is 1.81 bits per heavy atom. The van der Waals surface area contributed by atoms with Crippen molar-refractivity contribution in [1.82, 2.24) is 24.9 Å². The zero-order chi connectivity index (χ0) is 21.6. The summed E-state index contributed by atoms with van der Waals surface area (Å²) < 4.78 is 7.63. The predicted molar refractivity (Wildman–Crippen MR) is 119 cm³/mol. The highest BCUT2D eigenvalue weighted by molar-refractivity contribution is 5.94. The van der Waals surface area contributed by atoms with Crippen molar-refractivity contribution < 1.29 is 9.53 Å². The summed E-state index contributed by atoms with van der Waals surface area (Å²) in [6, 6.07) is 13.4. The van der Waals surface area contributed by atoms with E-state index in [0.29, 0.717) is 24.8 Å². The maximum absolute atomic E-state index is 12.9. The lowest BCUT2D eigenvalue weighted by atomic mass is 10.1. The molecule has 31 heavy (non-hydrogen) atoms. The number of rotatable bonds is 7. The van der Waals surface area contributed by atoms with E-state index in [1.165, 1.54) is 0 Å². The second-order valence-electron chi connectivity index (χ2n) is 7.51. The lowest BCUT2D eigenvalue weighted by Crippen LogP contribution is -2.41. The Morgan fingerprint density at radius 3 is 2.39 bits per heavy atom. The van der Waals surface area contributed by atoms with Crippen molar-refractivity contribution in [3.63, 3.8) is 0 Å². The summed E-state index contributed by atoms with van der Waals surface area (Å²) in [6.45, 7) is 7.50. The van der Waals surface area contributed by atoms with Gasteiger partial charge in [0, 0.05) is 68.7 Å². The van der Waals surface area contributed by atoms with Crippen LogP contribution >= 0.6 is 0 Å². The van der Waals surface area contributed by atoms with Gasteiger partial charge in [-0.1, -0.05) is 0 Å². The molecule has 2 aromatic heterocycles. The van der Waals surface area contributed by atoms with Gasteiger partial charge in [0.2, 0.25) is 5.88 Å². The van der Waals surface area contributed by atoms with Crippen LogP contribution in [0.25, 0.3) is 5.82 Å². The first-order valence-electron chi connectivity index (χ1n) is 10.8. The van der Waals surface area contributed by atoms with Gasteiger partial charge in [0.15, 0.2) is 5.82 Å². The van der Waals surface area contributed by atoms with E-state index in [1.807, 2.05) is 47.5 Å². The standard InChI is InChI=1S/C23H28N6O2/c1-3-27(4-2)19-8-6-18(7-9-19)23(30)28-16-12-20(13-17-28)31-22-11-10-21(25-26-22)29-15-5-14-24-29/h5-11,14-15,20H,3-4,12-13,16-17H2,1-2H3. The molecule has 0 N–H and O–H groups in total. The summed E-state index contributed by atoms with van der Waals surface area (Å²) in [7, 11) is 0. The third-order valence-electron chi connectivity index (χ3n) is 5.62. The van der Waals surface area contributed by atoms with Crippen LogP contribution < -0.4 is 9.64 Å². The molecule has 8 heteroatoms. The van der Waals surface area contributed by atoms with Crippen LogP contribution in [0.3, 0.4) is 0 Å². The lowest BCUT2D eigenvalue weighted by molar-refractivity contribution is 0.0586. The minimum Gasteiger partial charge on any atom is -0.473 e. The number of carbonyl (C=O) groups excluding carboxylic acids is 1. The van der Waals surface area contributed by atoms with Crippen molar-refractivity contribution in [1.29, 1.82) is 0 Å². The topological polar surface area (TPSA) is 76.4 Å². The molecule has 8 nitrogen and oxygen atoms in total. The first-order chi connectivity index (χ1) is 15.2. The van der Waals surface area contributed by atoms with Crippen LogP contribution in [0.15, 0.2) is 54.9 Å². The fourth-order valence-electron chi connectivity index (χ4n) is 3.84. The third kappa shape index (κ3) is 4.84. The van der Waals surface area contributed by atoms with Crippen LogP contribution in [0, 0.1) is 0 Å². The normalized spacial score (nSPS) is 14.5. The SMILES string of the molecule is CCN(CC)c1ccc(C(=O)N2CCC(Oc3ccc(-n4cccn4)nn3)CC2)cc1. The Kier molecular flexibility index (Phi) is 6.45. The number of aromatic nitrogens is 4. The van der Waals surface area contributed by atoms with Crippen molar-refractivity contribution >= 4 is 11.6 Å². The molecule has 1 aliphatic rings. The zero-order valence-electron chi connectivity index (χ0n) is 18.0. The maximum Gasteiger partial charge on any atom is 0.253 e. The number of nitrogens with zero attached hydrogens (tertiary/aromatic N) is 6. The summed E-state index contributed by atoms with van der Waals surface area (Å²) in [4.78, 5) is 17.0. The van der Waals surface area contributed by atoms with Gasteiger partial charge in [0.1, 0.15) is 6.10 Å². The minimum atomic E-state index is 0.0268. The van der Waals surface area contributed by atoms with E-state index in [1.54, 1.807) is 16.9 Å². The van der Waals surface area contributed by atoms with Crippen LogP contribution in [0.1, 0.15) is 37.0 Å². The second-order valence-corrected chi connectivity index (χ2v) is 7.51. The van der Waals surface area contributed by atoms with Gasteiger partial charge in [-0.3, -0.25) is 4.79 Å². The van der Waals surface area contributed by atoms with Crippen LogP contribution in [0.5, 0.6) is 5.88 Å². The van der Waals surface area contributed by atoms with Gasteiger partial charge >= 0.3 is 0 Å². The summed E-state index contributed by atoms with van der Waals surface area (Å²) in [5.74, 6) is 1.21. The number of hydrogen-bond acceptors (Lipinski definition) is 6. The molecule has 3 heterocycles. The van der Waals surface area contributed by atoms with Gasteiger partial charge in [0.25, 0.3) is 5.91 Å². The molecule has 0 atom stereocenters. The van der Waals surface area contributed by atoms with Gasteiger partial charge in [-0.15, -0.1) is 10.2 Å². The molecule has 1 amide bonds. The fraction of sp³-hybridized carbons (Fsp3) is 0.391. The van der Waals surface area contributed by atoms with Crippen molar-refractivity contribution in [3.8, 4) is 11.7 Å². The highest BCUT2D eigenvalue weighted by atomic mass is 16.5. The van der Waals surface area contributed by atoms with E-state index >= 15 is 0 Å². The van der Waals surface area contributed by atoms with Gasteiger partial charge in [-0.05, 0) is 50.2 Å². The first-order valence-corrected chi connectivity index (χ1v) is 10.8. The minimum absolute atomic E-state index is 0.0268. The van der Waals surface area contributed by atoms with E-state index in [0.717, 1.165) is 37.2 Å². The number of hydrogen-bond donors (Lipinski definition) is 0. The van der Waals surface area contributed by atoms with Crippen LogP contribution in [-0.4, -0.2) is 63.1 Å². The lowest BCUT2D eigenvalue weighted by Gasteiger charge is -2.32. The molecular formula is C23H28N6O2. The predicted octanol–water partition coefficient (Wildman–Crippen LogP) is 3.19. The van der Waals surface area contributed by atoms with E-state index in [4.69, 9.17) is 4.74 Å². The van der Waals surface area contributed by atoms with Crippen molar-refractivity contribution in [2.75, 3.05) is 31.1 Å². The number of carbonyl (C=O) groups is 1. The van der Waals surface area contributed by atoms with Gasteiger partial charge < -0.3 is 14.5 Å². The van der Waals surface area contributed by atoms with Gasteiger partial charge in [-0.25, -0.2) is 4.68 Å². The smallest absolute Gasteiger partial charge is 0.253 e. The molecule has 0 saturated carbocycles. The fourth-order valence-corrected chi connectivity index (χ4v) is 3.84. The van der Waals surface area contributed by atoms with Gasteiger partial charge in [0.05, 0.1) is 0 Å². The number of benzene rings is 1. The Bertz CT molecular complexity index is 960. The molecule has 4 rings (SSSR count). The largest absolute Gasteiger partial charge is 0.473 e. The Balaban J connectivity index is 1.29. The number of likely N-dealkylation sites (tertiary alicyclic amines) is 1. The van der Waals surface area contributed by atoms with E-state index in [-0.39, 0.29) is 12.0 Å². The van der Waals surface area contributed by atoms with E-state index < -0.39 is 0 Å². The summed E-state index contributed by atoms with van der Waals surface area (Å²) >= 11 is 0. The maximum atomic E-state index is 12.9. The Labute approximate surface area is 182 Å². The molecule has 0 spiro atoms. The molecule has 0 bridgehead atoms. The summed E-state index contributed by atoms with van der Waals surface area (Å²) in [5.41, 5.74) is 1.88. The van der Waals surface area contributed by atoms with Crippen molar-refractivity contribution in [3.05, 3.63) is 60.4 Å². The highest BCUT2D eigenvalue weighted by Crippen LogP contribution is 2.21. The molecule has 1 aromatic carbocycles. The molecule has 0 radical (unpaired) electrons. The van der Waals surface area contributed by atoms with Gasteiger partial charge in [-0.2, -0.15) is 5.10 Å². The molecular weight excluding hydrogens is 392 g/mol. The molecule has 1 aliphatic heterocycles. The Hall–Kier alpha value is -3.42. The molecule has 1 fully saturated rings. The number of piperidine rings is 1. The Morgan fingerprint density at radius 1 is 1.06 bits per heavy atom. The molecule has 162 valence electrons. The number of anilines is 1. The van der Waals surface area contributed by atoms with Crippen LogP contribution in [0.2, 0.25) is 0 Å². The molecule has 0 unspecified atom stereocenters. The summed E-state index contributed by atoms with van der Waals surface area (Å²) in [5, 5.41) is 12.4. The quantitative estimate of drug-likeness (QED) is 0.584.